The Morgan fingerprint density at radius 1 is 1.30 bits per heavy atom. The normalized spacial score (nSPS) is 11.9. The Morgan fingerprint density at radius 3 is 2.55 bits per heavy atom. The zero-order chi connectivity index (χ0) is 15.2. The van der Waals surface area contributed by atoms with Crippen molar-refractivity contribution < 1.29 is 17.9 Å². The summed E-state index contributed by atoms with van der Waals surface area (Å²) in [4.78, 5) is 1.37. The molecule has 0 fully saturated rings. The lowest BCUT2D eigenvalue weighted by Crippen LogP contribution is -2.37. The molecule has 1 N–H and O–H groups in total. The van der Waals surface area contributed by atoms with Crippen LogP contribution in [0.3, 0.4) is 0 Å². The van der Waals surface area contributed by atoms with E-state index in [0.29, 0.717) is 18.8 Å². The molecule has 0 amide bonds. The van der Waals surface area contributed by atoms with Crippen LogP contribution >= 0.6 is 0 Å². The van der Waals surface area contributed by atoms with Crippen molar-refractivity contribution in [3.05, 3.63) is 29.3 Å². The largest absolute Gasteiger partial charge is 0.496 e. The fourth-order valence-corrected chi connectivity index (χ4v) is 2.01. The SMILES string of the molecule is CNCCN(Cc1cc(C)ccc1OC)CC(F)(F)F. The number of ether oxygens (including phenoxy) is 1. The molecule has 1 aromatic rings. The summed E-state index contributed by atoms with van der Waals surface area (Å²) in [6.45, 7) is 2.03. The Morgan fingerprint density at radius 2 is 2.00 bits per heavy atom. The van der Waals surface area contributed by atoms with Crippen molar-refractivity contribution in [2.45, 2.75) is 19.6 Å². The predicted octanol–water partition coefficient (Wildman–Crippen LogP) is 2.59. The monoisotopic (exact) mass is 290 g/mol. The molecule has 0 heterocycles. The molecule has 0 saturated carbocycles. The van der Waals surface area contributed by atoms with Gasteiger partial charge in [-0.3, -0.25) is 4.90 Å². The number of hydrogen-bond donors (Lipinski definition) is 1. The third kappa shape index (κ3) is 5.79. The van der Waals surface area contributed by atoms with Crippen LogP contribution < -0.4 is 10.1 Å². The highest BCUT2D eigenvalue weighted by Gasteiger charge is 2.30. The minimum Gasteiger partial charge on any atom is -0.496 e. The molecule has 0 aliphatic heterocycles. The zero-order valence-electron chi connectivity index (χ0n) is 12.0. The second-order valence-corrected chi connectivity index (χ2v) is 4.74. The highest BCUT2D eigenvalue weighted by molar-refractivity contribution is 5.36. The molecule has 0 aliphatic carbocycles. The van der Waals surface area contributed by atoms with E-state index in [4.69, 9.17) is 4.74 Å². The van der Waals surface area contributed by atoms with Gasteiger partial charge >= 0.3 is 6.18 Å². The number of rotatable bonds is 7. The minimum absolute atomic E-state index is 0.214. The van der Waals surface area contributed by atoms with Crippen LogP contribution in [0, 0.1) is 6.92 Å². The summed E-state index contributed by atoms with van der Waals surface area (Å²) in [5.41, 5.74) is 1.77. The number of benzene rings is 1. The second-order valence-electron chi connectivity index (χ2n) is 4.74. The Kier molecular flexibility index (Phi) is 6.29. The molecule has 20 heavy (non-hydrogen) atoms. The van der Waals surface area contributed by atoms with Crippen molar-refractivity contribution in [1.29, 1.82) is 0 Å². The van der Waals surface area contributed by atoms with Crippen LogP contribution in [0.1, 0.15) is 11.1 Å². The van der Waals surface area contributed by atoms with Crippen molar-refractivity contribution in [3.63, 3.8) is 0 Å². The smallest absolute Gasteiger partial charge is 0.401 e. The summed E-state index contributed by atoms with van der Waals surface area (Å²) in [5.74, 6) is 0.618. The van der Waals surface area contributed by atoms with Gasteiger partial charge in [0, 0.05) is 25.2 Å². The fourth-order valence-electron chi connectivity index (χ4n) is 2.01. The van der Waals surface area contributed by atoms with Crippen LogP contribution in [0.5, 0.6) is 5.75 Å². The second kappa shape index (κ2) is 7.50. The van der Waals surface area contributed by atoms with Crippen molar-refractivity contribution in [2.24, 2.45) is 0 Å². The van der Waals surface area contributed by atoms with E-state index in [0.717, 1.165) is 11.1 Å². The van der Waals surface area contributed by atoms with E-state index in [1.807, 2.05) is 19.1 Å². The first-order valence-corrected chi connectivity index (χ1v) is 6.43. The summed E-state index contributed by atoms with van der Waals surface area (Å²) < 4.78 is 43.0. The first-order chi connectivity index (χ1) is 9.35. The van der Waals surface area contributed by atoms with Crippen molar-refractivity contribution in [2.75, 3.05) is 33.8 Å². The summed E-state index contributed by atoms with van der Waals surface area (Å²) in [7, 11) is 3.24. The number of nitrogens with one attached hydrogen (secondary N) is 1. The highest BCUT2D eigenvalue weighted by atomic mass is 19.4. The molecule has 6 heteroatoms. The molecule has 0 bridgehead atoms. The summed E-state index contributed by atoms with van der Waals surface area (Å²) in [6.07, 6.45) is -4.20. The van der Waals surface area contributed by atoms with E-state index in [1.165, 1.54) is 12.0 Å². The van der Waals surface area contributed by atoms with Crippen LogP contribution in [0.25, 0.3) is 0 Å². The third-order valence-electron chi connectivity index (χ3n) is 2.91. The quantitative estimate of drug-likeness (QED) is 0.835. The van der Waals surface area contributed by atoms with E-state index in [9.17, 15) is 13.2 Å². The van der Waals surface area contributed by atoms with Gasteiger partial charge in [-0.05, 0) is 20.0 Å². The number of methoxy groups -OCH3 is 1. The number of likely N-dealkylation sites (N-methyl/N-ethyl adjacent to an activating group) is 1. The Balaban J connectivity index is 2.85. The third-order valence-corrected chi connectivity index (χ3v) is 2.91. The fraction of sp³-hybridized carbons (Fsp3) is 0.571. The molecule has 0 spiro atoms. The number of hydrogen-bond acceptors (Lipinski definition) is 3. The van der Waals surface area contributed by atoms with Gasteiger partial charge in [0.05, 0.1) is 13.7 Å². The lowest BCUT2D eigenvalue weighted by Gasteiger charge is -2.24. The van der Waals surface area contributed by atoms with E-state index < -0.39 is 12.7 Å². The number of aryl methyl sites for hydroxylation is 1. The standard InChI is InChI=1S/C14H21F3N2O/c1-11-4-5-13(20-3)12(8-11)9-19(7-6-18-2)10-14(15,16)17/h4-5,8,18H,6-7,9-10H2,1-3H3. The van der Waals surface area contributed by atoms with E-state index in [1.54, 1.807) is 13.1 Å². The van der Waals surface area contributed by atoms with Gasteiger partial charge in [-0.2, -0.15) is 13.2 Å². The van der Waals surface area contributed by atoms with Gasteiger partial charge in [-0.25, -0.2) is 0 Å². The molecule has 3 nitrogen and oxygen atoms in total. The number of nitrogens with zero attached hydrogens (tertiary/aromatic N) is 1. The van der Waals surface area contributed by atoms with Crippen LogP contribution in [0.15, 0.2) is 18.2 Å². The molecule has 0 saturated heterocycles. The summed E-state index contributed by atoms with van der Waals surface area (Å²) >= 11 is 0. The molecule has 0 radical (unpaired) electrons. The maximum Gasteiger partial charge on any atom is 0.401 e. The molecule has 114 valence electrons. The van der Waals surface area contributed by atoms with Gasteiger partial charge < -0.3 is 10.1 Å². The summed E-state index contributed by atoms with van der Waals surface area (Å²) in [6, 6.07) is 5.53. The molecule has 0 aliphatic rings. The van der Waals surface area contributed by atoms with Crippen LogP contribution in [0.4, 0.5) is 13.2 Å². The molecule has 0 aromatic heterocycles. The average Bonchev–Trinajstić information content (AvgIpc) is 2.34. The lowest BCUT2D eigenvalue weighted by atomic mass is 10.1. The van der Waals surface area contributed by atoms with Crippen LogP contribution in [0.2, 0.25) is 0 Å². The minimum atomic E-state index is -4.20. The topological polar surface area (TPSA) is 24.5 Å². The first-order valence-electron chi connectivity index (χ1n) is 6.43. The van der Waals surface area contributed by atoms with E-state index in [-0.39, 0.29) is 6.54 Å². The van der Waals surface area contributed by atoms with Gasteiger partial charge in [0.15, 0.2) is 0 Å². The maximum absolute atomic E-state index is 12.6. The first kappa shape index (κ1) is 16.8. The molecule has 0 unspecified atom stereocenters. The molecular formula is C14H21F3N2O. The van der Waals surface area contributed by atoms with E-state index >= 15 is 0 Å². The number of alkyl halides is 3. The van der Waals surface area contributed by atoms with Crippen molar-refractivity contribution >= 4 is 0 Å². The van der Waals surface area contributed by atoms with E-state index in [2.05, 4.69) is 5.32 Å². The predicted molar refractivity (Wildman–Crippen MR) is 73.0 cm³/mol. The van der Waals surface area contributed by atoms with Gasteiger partial charge in [0.2, 0.25) is 0 Å². The average molecular weight is 290 g/mol. The number of halogens is 3. The molecular weight excluding hydrogens is 269 g/mol. The molecule has 1 aromatic carbocycles. The Hall–Kier alpha value is -1.27. The van der Waals surface area contributed by atoms with Gasteiger partial charge in [0.1, 0.15) is 5.75 Å². The van der Waals surface area contributed by atoms with Gasteiger partial charge in [-0.1, -0.05) is 17.7 Å². The molecule has 0 atom stereocenters. The van der Waals surface area contributed by atoms with Crippen LogP contribution in [-0.2, 0) is 6.54 Å². The van der Waals surface area contributed by atoms with Crippen molar-refractivity contribution in [1.82, 2.24) is 10.2 Å². The van der Waals surface area contributed by atoms with Gasteiger partial charge in [0.25, 0.3) is 0 Å². The lowest BCUT2D eigenvalue weighted by molar-refractivity contribution is -0.147. The van der Waals surface area contributed by atoms with Gasteiger partial charge in [-0.15, -0.1) is 0 Å². The highest BCUT2D eigenvalue weighted by Crippen LogP contribution is 2.23. The van der Waals surface area contributed by atoms with Crippen LogP contribution in [-0.4, -0.2) is 44.9 Å². The summed E-state index contributed by atoms with van der Waals surface area (Å²) in [5, 5.41) is 2.87. The Labute approximate surface area is 117 Å². The maximum atomic E-state index is 12.6. The molecule has 1 rings (SSSR count). The zero-order valence-corrected chi connectivity index (χ0v) is 12.0. The van der Waals surface area contributed by atoms with Crippen molar-refractivity contribution in [3.8, 4) is 5.75 Å². The Bertz CT molecular complexity index is 421.